The SMILES string of the molecule is COc1ccc(C(C)NC(=O)c2ccc(N3CCCC4CC(NC(=O)c5cccc(OC)c5C)CC43)nc2)cc1OC. The summed E-state index contributed by atoms with van der Waals surface area (Å²) in [5.74, 6) is 3.08. The Morgan fingerprint density at radius 3 is 2.45 bits per heavy atom. The van der Waals surface area contributed by atoms with Gasteiger partial charge in [-0.3, -0.25) is 9.59 Å². The Morgan fingerprint density at radius 1 is 0.952 bits per heavy atom. The lowest BCUT2D eigenvalue weighted by atomic mass is 9.92. The molecule has 0 radical (unpaired) electrons. The zero-order chi connectivity index (χ0) is 29.8. The van der Waals surface area contributed by atoms with Gasteiger partial charge < -0.3 is 29.7 Å². The van der Waals surface area contributed by atoms with Crippen molar-refractivity contribution in [2.24, 2.45) is 5.92 Å². The Hall–Kier alpha value is -4.27. The minimum atomic E-state index is -0.230. The van der Waals surface area contributed by atoms with Crippen LogP contribution >= 0.6 is 0 Å². The fraction of sp³-hybridized carbons (Fsp3) is 0.424. The highest BCUT2D eigenvalue weighted by Crippen LogP contribution is 2.39. The van der Waals surface area contributed by atoms with Crippen LogP contribution < -0.4 is 29.7 Å². The van der Waals surface area contributed by atoms with Gasteiger partial charge in [0.1, 0.15) is 11.6 Å². The van der Waals surface area contributed by atoms with Crippen molar-refractivity contribution in [3.05, 3.63) is 77.0 Å². The summed E-state index contributed by atoms with van der Waals surface area (Å²) in [7, 11) is 4.80. The molecule has 0 spiro atoms. The number of hydrogen-bond acceptors (Lipinski definition) is 7. The molecule has 9 heteroatoms. The Kier molecular flexibility index (Phi) is 8.85. The molecule has 2 amide bonds. The fourth-order valence-electron chi connectivity index (χ4n) is 6.41. The van der Waals surface area contributed by atoms with Gasteiger partial charge in [0.2, 0.25) is 0 Å². The average molecular weight is 573 g/mol. The Morgan fingerprint density at radius 2 is 1.74 bits per heavy atom. The lowest BCUT2D eigenvalue weighted by molar-refractivity contribution is 0.0929. The smallest absolute Gasteiger partial charge is 0.253 e. The van der Waals surface area contributed by atoms with Gasteiger partial charge in [0.15, 0.2) is 11.5 Å². The number of piperidine rings is 1. The van der Waals surface area contributed by atoms with E-state index in [0.29, 0.717) is 40.3 Å². The maximum Gasteiger partial charge on any atom is 0.253 e. The second kappa shape index (κ2) is 12.7. The van der Waals surface area contributed by atoms with Crippen molar-refractivity contribution in [1.82, 2.24) is 15.6 Å². The summed E-state index contributed by atoms with van der Waals surface area (Å²) in [6.07, 6.45) is 5.68. The number of hydrogen-bond donors (Lipinski definition) is 2. The first kappa shape index (κ1) is 29.2. The molecule has 1 aliphatic heterocycles. The molecule has 2 aliphatic rings. The Labute approximate surface area is 247 Å². The van der Waals surface area contributed by atoms with Crippen molar-refractivity contribution in [3.8, 4) is 17.2 Å². The predicted molar refractivity (Wildman–Crippen MR) is 162 cm³/mol. The fourth-order valence-corrected chi connectivity index (χ4v) is 6.41. The number of methoxy groups -OCH3 is 3. The normalized spacial score (nSPS) is 20.3. The van der Waals surface area contributed by atoms with Gasteiger partial charge >= 0.3 is 0 Å². The van der Waals surface area contributed by atoms with Gasteiger partial charge in [-0.2, -0.15) is 0 Å². The number of amides is 2. The van der Waals surface area contributed by atoms with Crippen LogP contribution in [0.1, 0.15) is 70.5 Å². The van der Waals surface area contributed by atoms with E-state index in [1.54, 1.807) is 27.5 Å². The van der Waals surface area contributed by atoms with Gasteiger partial charge in [0.25, 0.3) is 11.8 Å². The Balaban J connectivity index is 1.22. The number of nitrogens with zero attached hydrogens (tertiary/aromatic N) is 2. The van der Waals surface area contributed by atoms with Crippen molar-refractivity contribution < 1.29 is 23.8 Å². The number of ether oxygens (including phenoxy) is 3. The van der Waals surface area contributed by atoms with E-state index in [1.165, 1.54) is 0 Å². The molecule has 1 saturated carbocycles. The second-order valence-corrected chi connectivity index (χ2v) is 11.2. The number of nitrogens with one attached hydrogen (secondary N) is 2. The lowest BCUT2D eigenvalue weighted by Gasteiger charge is -2.38. The molecule has 5 rings (SSSR count). The number of pyridine rings is 1. The average Bonchev–Trinajstić information content (AvgIpc) is 3.43. The van der Waals surface area contributed by atoms with Crippen LogP contribution in [0.25, 0.3) is 0 Å². The molecule has 0 bridgehead atoms. The first-order chi connectivity index (χ1) is 20.3. The highest BCUT2D eigenvalue weighted by Gasteiger charge is 2.41. The molecular weight excluding hydrogens is 532 g/mol. The molecule has 4 unspecified atom stereocenters. The van der Waals surface area contributed by atoms with Crippen molar-refractivity contribution in [2.45, 2.75) is 57.7 Å². The third-order valence-electron chi connectivity index (χ3n) is 8.68. The van der Waals surface area contributed by atoms with Gasteiger partial charge in [0.05, 0.1) is 32.9 Å². The molecule has 3 aromatic rings. The highest BCUT2D eigenvalue weighted by molar-refractivity contribution is 5.96. The van der Waals surface area contributed by atoms with Crippen molar-refractivity contribution in [2.75, 3.05) is 32.8 Å². The monoisotopic (exact) mass is 572 g/mol. The quantitative estimate of drug-likeness (QED) is 0.369. The van der Waals surface area contributed by atoms with Crippen LogP contribution in [-0.4, -0.2) is 56.8 Å². The number of fused-ring (bicyclic) bond motifs is 1. The number of benzene rings is 2. The summed E-state index contributed by atoms with van der Waals surface area (Å²) in [5, 5.41) is 6.32. The molecule has 42 heavy (non-hydrogen) atoms. The van der Waals surface area contributed by atoms with E-state index in [9.17, 15) is 9.59 Å². The van der Waals surface area contributed by atoms with Crippen LogP contribution in [0, 0.1) is 12.8 Å². The third kappa shape index (κ3) is 6.00. The maximum absolute atomic E-state index is 13.1. The number of anilines is 1. The molecule has 2 fully saturated rings. The van der Waals surface area contributed by atoms with Crippen molar-refractivity contribution in [1.29, 1.82) is 0 Å². The highest BCUT2D eigenvalue weighted by atomic mass is 16.5. The summed E-state index contributed by atoms with van der Waals surface area (Å²) < 4.78 is 16.1. The topological polar surface area (TPSA) is 102 Å². The van der Waals surface area contributed by atoms with Gasteiger partial charge in [-0.25, -0.2) is 4.98 Å². The van der Waals surface area contributed by atoms with E-state index >= 15 is 0 Å². The third-order valence-corrected chi connectivity index (χ3v) is 8.68. The van der Waals surface area contributed by atoms with Crippen LogP contribution in [0.3, 0.4) is 0 Å². The number of carbonyl (C=O) groups is 2. The second-order valence-electron chi connectivity index (χ2n) is 11.2. The lowest BCUT2D eigenvalue weighted by Crippen LogP contribution is -2.43. The molecule has 9 nitrogen and oxygen atoms in total. The van der Waals surface area contributed by atoms with Crippen LogP contribution in [0.5, 0.6) is 17.2 Å². The zero-order valence-corrected chi connectivity index (χ0v) is 25.0. The van der Waals surface area contributed by atoms with E-state index in [1.807, 2.05) is 62.4 Å². The molecule has 2 N–H and O–H groups in total. The number of aromatic nitrogens is 1. The molecule has 1 saturated heterocycles. The molecule has 2 aromatic carbocycles. The van der Waals surface area contributed by atoms with Crippen molar-refractivity contribution >= 4 is 17.6 Å². The summed E-state index contributed by atoms with van der Waals surface area (Å²) in [6, 6.07) is 15.1. The molecular formula is C33H40N4O5. The van der Waals surface area contributed by atoms with E-state index in [0.717, 1.165) is 49.2 Å². The van der Waals surface area contributed by atoms with Gasteiger partial charge in [0, 0.05) is 36.0 Å². The summed E-state index contributed by atoms with van der Waals surface area (Å²) in [5.41, 5.74) is 2.91. The minimum Gasteiger partial charge on any atom is -0.496 e. The molecule has 222 valence electrons. The van der Waals surface area contributed by atoms with Crippen LogP contribution in [0.4, 0.5) is 5.82 Å². The minimum absolute atomic E-state index is 0.0580. The van der Waals surface area contributed by atoms with E-state index in [2.05, 4.69) is 15.5 Å². The predicted octanol–water partition coefficient (Wildman–Crippen LogP) is 5.08. The van der Waals surface area contributed by atoms with Crippen LogP contribution in [0.15, 0.2) is 54.7 Å². The molecule has 1 aromatic heterocycles. The summed E-state index contributed by atoms with van der Waals surface area (Å²) in [4.78, 5) is 33.2. The molecule has 2 heterocycles. The number of carbonyl (C=O) groups excluding carboxylic acids is 2. The summed E-state index contributed by atoms with van der Waals surface area (Å²) in [6.45, 7) is 4.75. The van der Waals surface area contributed by atoms with E-state index in [-0.39, 0.29) is 23.9 Å². The van der Waals surface area contributed by atoms with Crippen molar-refractivity contribution in [3.63, 3.8) is 0 Å². The van der Waals surface area contributed by atoms with E-state index < -0.39 is 0 Å². The van der Waals surface area contributed by atoms with Crippen LogP contribution in [0.2, 0.25) is 0 Å². The largest absolute Gasteiger partial charge is 0.496 e. The molecule has 1 aliphatic carbocycles. The molecule has 4 atom stereocenters. The van der Waals surface area contributed by atoms with E-state index in [4.69, 9.17) is 19.2 Å². The first-order valence-electron chi connectivity index (χ1n) is 14.5. The van der Waals surface area contributed by atoms with Gasteiger partial charge in [-0.15, -0.1) is 0 Å². The zero-order valence-electron chi connectivity index (χ0n) is 25.0. The van der Waals surface area contributed by atoms with Gasteiger partial charge in [-0.05, 0) is 87.4 Å². The standard InChI is InChI=1S/C33H40N4O5/c1-20-26(9-6-10-28(20)40-3)33(39)36-25-16-23-8-7-15-37(27(23)18-25)31-14-12-24(19-34-31)32(38)35-21(2)22-11-13-29(41-4)30(17-22)42-5/h6,9-14,17,19,21,23,25,27H,7-8,15-16,18H2,1-5H3,(H,35,38)(H,36,39). The van der Waals surface area contributed by atoms with Gasteiger partial charge in [-0.1, -0.05) is 12.1 Å². The number of rotatable bonds is 9. The Bertz CT molecular complexity index is 1430. The first-order valence-corrected chi connectivity index (χ1v) is 14.5. The maximum atomic E-state index is 13.1. The van der Waals surface area contributed by atoms with Crippen LogP contribution in [-0.2, 0) is 0 Å². The summed E-state index contributed by atoms with van der Waals surface area (Å²) >= 11 is 0.